The van der Waals surface area contributed by atoms with Crippen LogP contribution in [0.5, 0.6) is 0 Å². The Morgan fingerprint density at radius 3 is 2.89 bits per heavy atom. The first-order valence-electron chi connectivity index (χ1n) is 6.65. The first-order chi connectivity index (χ1) is 8.70. The molecule has 4 nitrogen and oxygen atoms in total. The van der Waals surface area contributed by atoms with Gasteiger partial charge in [-0.3, -0.25) is 0 Å². The highest BCUT2D eigenvalue weighted by atomic mass is 16.5. The van der Waals surface area contributed by atoms with Gasteiger partial charge < -0.3 is 15.4 Å². The first-order valence-corrected chi connectivity index (χ1v) is 6.65. The smallest absolute Gasteiger partial charge is 0.131 e. The molecule has 0 amide bonds. The molecule has 0 aliphatic heterocycles. The quantitative estimate of drug-likeness (QED) is 0.747. The van der Waals surface area contributed by atoms with Gasteiger partial charge in [-0.15, -0.1) is 0 Å². The summed E-state index contributed by atoms with van der Waals surface area (Å²) in [5.74, 6) is 1.85. The third-order valence-corrected chi connectivity index (χ3v) is 3.33. The maximum absolute atomic E-state index is 5.65. The maximum atomic E-state index is 5.65. The molecular weight excluding hydrogens is 226 g/mol. The molecule has 100 valence electrons. The van der Waals surface area contributed by atoms with Gasteiger partial charge in [0, 0.05) is 32.9 Å². The number of hydrogen-bond donors (Lipinski definition) is 1. The highest BCUT2D eigenvalue weighted by Gasteiger charge is 2.21. The van der Waals surface area contributed by atoms with E-state index in [-0.39, 0.29) is 0 Å². The molecule has 1 aliphatic carbocycles. The van der Waals surface area contributed by atoms with Crippen LogP contribution in [0, 0.1) is 12.8 Å². The molecule has 2 rings (SSSR count). The van der Waals surface area contributed by atoms with Crippen molar-refractivity contribution in [1.29, 1.82) is 0 Å². The van der Waals surface area contributed by atoms with Gasteiger partial charge in [0.05, 0.1) is 6.61 Å². The summed E-state index contributed by atoms with van der Waals surface area (Å²) in [4.78, 5) is 6.61. The molecule has 0 spiro atoms. The number of aryl methyl sites for hydroxylation is 1. The maximum Gasteiger partial charge on any atom is 0.131 e. The average molecular weight is 249 g/mol. The second-order valence-corrected chi connectivity index (χ2v) is 5.13. The van der Waals surface area contributed by atoms with Crippen molar-refractivity contribution < 1.29 is 4.74 Å². The number of hydrogen-bond acceptors (Lipinski definition) is 4. The van der Waals surface area contributed by atoms with E-state index in [1.54, 1.807) is 0 Å². The zero-order valence-electron chi connectivity index (χ0n) is 11.4. The lowest BCUT2D eigenvalue weighted by atomic mass is 10.2. The highest BCUT2D eigenvalue weighted by Crippen LogP contribution is 2.28. The van der Waals surface area contributed by atoms with Crippen LogP contribution in [-0.2, 0) is 11.3 Å². The highest BCUT2D eigenvalue weighted by molar-refractivity contribution is 5.46. The SMILES string of the molecule is Cc1cc(CN)cnc1N(C)CCOCC1CC1. The molecule has 1 fully saturated rings. The fraction of sp³-hybridized carbons (Fsp3) is 0.643. The molecule has 1 aromatic heterocycles. The van der Waals surface area contributed by atoms with Crippen molar-refractivity contribution in [2.24, 2.45) is 11.7 Å². The van der Waals surface area contributed by atoms with Crippen molar-refractivity contribution in [2.45, 2.75) is 26.3 Å². The standard InChI is InChI=1S/C14H23N3O/c1-11-7-13(8-15)9-16-14(11)17(2)5-6-18-10-12-3-4-12/h7,9,12H,3-6,8,10,15H2,1-2H3. The summed E-state index contributed by atoms with van der Waals surface area (Å²) in [7, 11) is 2.05. The van der Waals surface area contributed by atoms with E-state index in [1.807, 2.05) is 6.20 Å². The van der Waals surface area contributed by atoms with Gasteiger partial charge in [-0.1, -0.05) is 0 Å². The van der Waals surface area contributed by atoms with E-state index in [1.165, 1.54) is 18.4 Å². The molecule has 1 aromatic rings. The minimum absolute atomic E-state index is 0.544. The van der Waals surface area contributed by atoms with Crippen LogP contribution in [0.4, 0.5) is 5.82 Å². The summed E-state index contributed by atoms with van der Waals surface area (Å²) in [5, 5.41) is 0. The predicted octanol–water partition coefficient (Wildman–Crippen LogP) is 1.71. The number of likely N-dealkylation sites (N-methyl/N-ethyl adjacent to an activating group) is 1. The van der Waals surface area contributed by atoms with Crippen LogP contribution in [0.3, 0.4) is 0 Å². The Morgan fingerprint density at radius 2 is 2.28 bits per heavy atom. The van der Waals surface area contributed by atoms with Crippen LogP contribution >= 0.6 is 0 Å². The molecule has 1 saturated carbocycles. The van der Waals surface area contributed by atoms with Crippen LogP contribution in [0.25, 0.3) is 0 Å². The molecule has 1 aliphatic rings. The van der Waals surface area contributed by atoms with Gasteiger partial charge >= 0.3 is 0 Å². The number of anilines is 1. The summed E-state index contributed by atoms with van der Waals surface area (Å²) in [6.45, 7) is 5.19. The fourth-order valence-corrected chi connectivity index (χ4v) is 1.98. The summed E-state index contributed by atoms with van der Waals surface area (Å²) >= 11 is 0. The van der Waals surface area contributed by atoms with E-state index in [4.69, 9.17) is 10.5 Å². The lowest BCUT2D eigenvalue weighted by Gasteiger charge is -2.20. The van der Waals surface area contributed by atoms with Crippen LogP contribution in [0.2, 0.25) is 0 Å². The number of ether oxygens (including phenoxy) is 1. The van der Waals surface area contributed by atoms with Crippen molar-refractivity contribution in [1.82, 2.24) is 4.98 Å². The number of nitrogens with two attached hydrogens (primary N) is 1. The minimum atomic E-state index is 0.544. The second kappa shape index (κ2) is 6.16. The topological polar surface area (TPSA) is 51.4 Å². The van der Waals surface area contributed by atoms with Gasteiger partial charge in [0.1, 0.15) is 5.82 Å². The van der Waals surface area contributed by atoms with E-state index in [0.29, 0.717) is 6.54 Å². The Balaban J connectivity index is 1.81. The van der Waals surface area contributed by atoms with Crippen molar-refractivity contribution in [2.75, 3.05) is 31.7 Å². The number of aromatic nitrogens is 1. The normalized spacial score (nSPS) is 14.8. The number of rotatable bonds is 7. The summed E-state index contributed by atoms with van der Waals surface area (Å²) in [5.41, 5.74) is 7.85. The van der Waals surface area contributed by atoms with E-state index in [0.717, 1.165) is 37.1 Å². The van der Waals surface area contributed by atoms with Crippen molar-refractivity contribution in [3.8, 4) is 0 Å². The molecule has 0 aromatic carbocycles. The third-order valence-electron chi connectivity index (χ3n) is 3.33. The Bertz CT molecular complexity index is 391. The Hall–Kier alpha value is -1.13. The van der Waals surface area contributed by atoms with Gasteiger partial charge in [0.25, 0.3) is 0 Å². The molecule has 2 N–H and O–H groups in total. The molecule has 1 heterocycles. The monoisotopic (exact) mass is 249 g/mol. The molecule has 0 unspecified atom stereocenters. The van der Waals surface area contributed by atoms with Gasteiger partial charge in [0.2, 0.25) is 0 Å². The Kier molecular flexibility index (Phi) is 4.55. The van der Waals surface area contributed by atoms with Crippen LogP contribution < -0.4 is 10.6 Å². The molecular formula is C14H23N3O. The lowest BCUT2D eigenvalue weighted by molar-refractivity contribution is 0.131. The molecule has 0 bridgehead atoms. The summed E-state index contributed by atoms with van der Waals surface area (Å²) in [6.07, 6.45) is 4.54. The number of pyridine rings is 1. The van der Waals surface area contributed by atoms with Crippen LogP contribution in [0.15, 0.2) is 12.3 Å². The van der Waals surface area contributed by atoms with E-state index < -0.39 is 0 Å². The average Bonchev–Trinajstić information content (AvgIpc) is 3.18. The van der Waals surface area contributed by atoms with E-state index in [9.17, 15) is 0 Å². The molecule has 18 heavy (non-hydrogen) atoms. The van der Waals surface area contributed by atoms with E-state index >= 15 is 0 Å². The summed E-state index contributed by atoms with van der Waals surface area (Å²) < 4.78 is 5.65. The molecule has 4 heteroatoms. The second-order valence-electron chi connectivity index (χ2n) is 5.13. The predicted molar refractivity (Wildman–Crippen MR) is 73.7 cm³/mol. The van der Waals surface area contributed by atoms with Gasteiger partial charge in [-0.05, 0) is 42.9 Å². The molecule has 0 atom stereocenters. The van der Waals surface area contributed by atoms with Crippen molar-refractivity contribution in [3.05, 3.63) is 23.4 Å². The van der Waals surface area contributed by atoms with Gasteiger partial charge in [0.15, 0.2) is 0 Å². The van der Waals surface area contributed by atoms with Gasteiger partial charge in [-0.2, -0.15) is 0 Å². The lowest BCUT2D eigenvalue weighted by Crippen LogP contribution is -2.24. The number of nitrogens with zero attached hydrogens (tertiary/aromatic N) is 2. The largest absolute Gasteiger partial charge is 0.379 e. The molecule has 0 saturated heterocycles. The zero-order chi connectivity index (χ0) is 13.0. The third kappa shape index (κ3) is 3.68. The van der Waals surface area contributed by atoms with E-state index in [2.05, 4.69) is 29.9 Å². The Morgan fingerprint density at radius 1 is 1.50 bits per heavy atom. The Labute approximate surface area is 109 Å². The van der Waals surface area contributed by atoms with Gasteiger partial charge in [-0.25, -0.2) is 4.98 Å². The fourth-order valence-electron chi connectivity index (χ4n) is 1.98. The van der Waals surface area contributed by atoms with Crippen LogP contribution in [0.1, 0.15) is 24.0 Å². The zero-order valence-corrected chi connectivity index (χ0v) is 11.4. The van der Waals surface area contributed by atoms with Crippen molar-refractivity contribution in [3.63, 3.8) is 0 Å². The first kappa shape index (κ1) is 13.3. The minimum Gasteiger partial charge on any atom is -0.379 e. The van der Waals surface area contributed by atoms with Crippen molar-refractivity contribution >= 4 is 5.82 Å². The van der Waals surface area contributed by atoms with Crippen LogP contribution in [-0.4, -0.2) is 31.8 Å². The molecule has 0 radical (unpaired) electrons. The summed E-state index contributed by atoms with van der Waals surface area (Å²) in [6, 6.07) is 2.10.